The zero-order valence-corrected chi connectivity index (χ0v) is 11.3. The molecule has 0 atom stereocenters. The number of benzene rings is 2. The van der Waals surface area contributed by atoms with Crippen molar-refractivity contribution in [3.8, 4) is 0 Å². The first-order chi connectivity index (χ1) is 10.3. The Bertz CT molecular complexity index is 694. The molecule has 1 heterocycles. The SMILES string of the molecule is O=C(c1cnoc1)N(Cc1ccccc1)c1ccccc1. The van der Waals surface area contributed by atoms with Gasteiger partial charge in [-0.15, -0.1) is 0 Å². The number of para-hydroxylation sites is 1. The van der Waals surface area contributed by atoms with Crippen LogP contribution < -0.4 is 4.90 Å². The maximum atomic E-state index is 12.6. The normalized spacial score (nSPS) is 10.3. The first-order valence-electron chi connectivity index (χ1n) is 6.65. The summed E-state index contributed by atoms with van der Waals surface area (Å²) in [5.74, 6) is -0.133. The van der Waals surface area contributed by atoms with Gasteiger partial charge in [-0.05, 0) is 17.7 Å². The summed E-state index contributed by atoms with van der Waals surface area (Å²) in [6, 6.07) is 19.4. The molecule has 2 aromatic carbocycles. The number of aromatic nitrogens is 1. The maximum Gasteiger partial charge on any atom is 0.263 e. The molecule has 3 aromatic rings. The van der Waals surface area contributed by atoms with E-state index in [0.29, 0.717) is 12.1 Å². The molecule has 1 aromatic heterocycles. The minimum Gasteiger partial charge on any atom is -0.364 e. The van der Waals surface area contributed by atoms with Gasteiger partial charge in [0.05, 0.1) is 18.3 Å². The first kappa shape index (κ1) is 13.1. The van der Waals surface area contributed by atoms with Gasteiger partial charge in [0, 0.05) is 5.69 Å². The fraction of sp³-hybridized carbons (Fsp3) is 0.0588. The summed E-state index contributed by atoms with van der Waals surface area (Å²) in [4.78, 5) is 14.3. The summed E-state index contributed by atoms with van der Waals surface area (Å²) < 4.78 is 4.77. The van der Waals surface area contributed by atoms with Crippen molar-refractivity contribution < 1.29 is 9.32 Å². The van der Waals surface area contributed by atoms with E-state index in [4.69, 9.17) is 4.52 Å². The van der Waals surface area contributed by atoms with Gasteiger partial charge in [-0.2, -0.15) is 0 Å². The highest BCUT2D eigenvalue weighted by Gasteiger charge is 2.19. The lowest BCUT2D eigenvalue weighted by Gasteiger charge is -2.22. The van der Waals surface area contributed by atoms with Crippen molar-refractivity contribution in [2.75, 3.05) is 4.90 Å². The lowest BCUT2D eigenvalue weighted by molar-refractivity contribution is 0.0984. The Balaban J connectivity index is 1.93. The zero-order chi connectivity index (χ0) is 14.5. The summed E-state index contributed by atoms with van der Waals surface area (Å²) >= 11 is 0. The molecule has 3 rings (SSSR count). The molecule has 4 heteroatoms. The maximum absolute atomic E-state index is 12.6. The van der Waals surface area contributed by atoms with Gasteiger partial charge in [0.1, 0.15) is 6.26 Å². The van der Waals surface area contributed by atoms with E-state index in [0.717, 1.165) is 11.3 Å². The Morgan fingerprint density at radius 2 is 1.67 bits per heavy atom. The number of anilines is 1. The molecule has 0 aliphatic carbocycles. The third-order valence-electron chi connectivity index (χ3n) is 3.18. The summed E-state index contributed by atoms with van der Waals surface area (Å²) in [6.45, 7) is 0.495. The molecule has 104 valence electrons. The number of carbonyl (C=O) groups excluding carboxylic acids is 1. The molecule has 1 amide bonds. The Kier molecular flexibility index (Phi) is 3.78. The highest BCUT2D eigenvalue weighted by atomic mass is 16.5. The molecule has 0 spiro atoms. The number of rotatable bonds is 4. The van der Waals surface area contributed by atoms with Crippen LogP contribution in [0.15, 0.2) is 77.6 Å². The standard InChI is InChI=1S/C17H14N2O2/c20-17(15-11-18-21-13-15)19(16-9-5-2-6-10-16)12-14-7-3-1-4-8-14/h1-11,13H,12H2. The highest BCUT2D eigenvalue weighted by Crippen LogP contribution is 2.19. The zero-order valence-electron chi connectivity index (χ0n) is 11.3. The average molecular weight is 278 g/mol. The van der Waals surface area contributed by atoms with E-state index in [1.807, 2.05) is 60.7 Å². The summed E-state index contributed by atoms with van der Waals surface area (Å²) in [5.41, 5.74) is 2.34. The van der Waals surface area contributed by atoms with E-state index in [1.165, 1.54) is 12.5 Å². The second-order valence-corrected chi connectivity index (χ2v) is 4.63. The van der Waals surface area contributed by atoms with Gasteiger partial charge in [-0.1, -0.05) is 53.7 Å². The Hall–Kier alpha value is -2.88. The highest BCUT2D eigenvalue weighted by molar-refractivity contribution is 6.05. The Morgan fingerprint density at radius 3 is 2.29 bits per heavy atom. The smallest absolute Gasteiger partial charge is 0.263 e. The molecule has 21 heavy (non-hydrogen) atoms. The van der Waals surface area contributed by atoms with Crippen molar-refractivity contribution in [2.24, 2.45) is 0 Å². The molecule has 0 radical (unpaired) electrons. The second-order valence-electron chi connectivity index (χ2n) is 4.63. The predicted octanol–water partition coefficient (Wildman–Crippen LogP) is 3.52. The van der Waals surface area contributed by atoms with E-state index in [1.54, 1.807) is 4.90 Å². The van der Waals surface area contributed by atoms with E-state index < -0.39 is 0 Å². The van der Waals surface area contributed by atoms with Crippen LogP contribution in [-0.4, -0.2) is 11.1 Å². The molecule has 0 aliphatic heterocycles. The van der Waals surface area contributed by atoms with Crippen LogP contribution in [0.25, 0.3) is 0 Å². The molecule has 0 aliphatic rings. The molecular formula is C17H14N2O2. The van der Waals surface area contributed by atoms with Gasteiger partial charge in [-0.25, -0.2) is 0 Å². The minimum atomic E-state index is -0.133. The number of hydrogen-bond donors (Lipinski definition) is 0. The molecule has 0 N–H and O–H groups in total. The summed E-state index contributed by atoms with van der Waals surface area (Å²) in [5, 5.41) is 3.60. The van der Waals surface area contributed by atoms with Crippen molar-refractivity contribution in [1.82, 2.24) is 5.16 Å². The van der Waals surface area contributed by atoms with Crippen LogP contribution in [0.2, 0.25) is 0 Å². The average Bonchev–Trinajstić information content (AvgIpc) is 3.08. The second kappa shape index (κ2) is 6.05. The van der Waals surface area contributed by atoms with Crippen LogP contribution in [0, 0.1) is 0 Å². The van der Waals surface area contributed by atoms with Crippen molar-refractivity contribution >= 4 is 11.6 Å². The van der Waals surface area contributed by atoms with E-state index >= 15 is 0 Å². The van der Waals surface area contributed by atoms with Gasteiger partial charge in [0.25, 0.3) is 5.91 Å². The lowest BCUT2D eigenvalue weighted by Crippen LogP contribution is -2.30. The van der Waals surface area contributed by atoms with E-state index in [9.17, 15) is 4.79 Å². The molecule has 0 unspecified atom stereocenters. The fourth-order valence-electron chi connectivity index (χ4n) is 2.12. The quantitative estimate of drug-likeness (QED) is 0.733. The van der Waals surface area contributed by atoms with Gasteiger partial charge < -0.3 is 9.42 Å². The van der Waals surface area contributed by atoms with Gasteiger partial charge in [-0.3, -0.25) is 4.79 Å². The largest absolute Gasteiger partial charge is 0.364 e. The minimum absolute atomic E-state index is 0.133. The summed E-state index contributed by atoms with van der Waals surface area (Å²) in [6.07, 6.45) is 2.80. The number of hydrogen-bond acceptors (Lipinski definition) is 3. The molecule has 0 saturated heterocycles. The van der Waals surface area contributed by atoms with Crippen molar-refractivity contribution in [1.29, 1.82) is 0 Å². The first-order valence-corrected chi connectivity index (χ1v) is 6.65. The Morgan fingerprint density at radius 1 is 1.00 bits per heavy atom. The lowest BCUT2D eigenvalue weighted by atomic mass is 10.1. The third-order valence-corrected chi connectivity index (χ3v) is 3.18. The van der Waals surface area contributed by atoms with E-state index in [2.05, 4.69) is 5.16 Å². The van der Waals surface area contributed by atoms with Crippen LogP contribution in [0.1, 0.15) is 15.9 Å². The number of carbonyl (C=O) groups is 1. The topological polar surface area (TPSA) is 46.3 Å². The van der Waals surface area contributed by atoms with Crippen molar-refractivity contribution in [3.63, 3.8) is 0 Å². The van der Waals surface area contributed by atoms with Crippen LogP contribution in [0.5, 0.6) is 0 Å². The van der Waals surface area contributed by atoms with Gasteiger partial charge in [0.2, 0.25) is 0 Å². The third kappa shape index (κ3) is 3.00. The fourth-order valence-corrected chi connectivity index (χ4v) is 2.12. The molecule has 0 saturated carbocycles. The van der Waals surface area contributed by atoms with Crippen LogP contribution in [0.4, 0.5) is 5.69 Å². The van der Waals surface area contributed by atoms with E-state index in [-0.39, 0.29) is 5.91 Å². The molecule has 4 nitrogen and oxygen atoms in total. The van der Waals surface area contributed by atoms with Crippen molar-refractivity contribution in [2.45, 2.75) is 6.54 Å². The van der Waals surface area contributed by atoms with Crippen LogP contribution in [0.3, 0.4) is 0 Å². The van der Waals surface area contributed by atoms with Crippen LogP contribution in [-0.2, 0) is 6.54 Å². The molecular weight excluding hydrogens is 264 g/mol. The van der Waals surface area contributed by atoms with Crippen molar-refractivity contribution in [3.05, 3.63) is 84.3 Å². The number of nitrogens with zero attached hydrogens (tertiary/aromatic N) is 2. The predicted molar refractivity (Wildman–Crippen MR) is 79.9 cm³/mol. The van der Waals surface area contributed by atoms with Gasteiger partial charge >= 0.3 is 0 Å². The van der Waals surface area contributed by atoms with Crippen LogP contribution >= 0.6 is 0 Å². The van der Waals surface area contributed by atoms with Gasteiger partial charge in [0.15, 0.2) is 0 Å². The number of amides is 1. The summed E-state index contributed by atoms with van der Waals surface area (Å²) in [7, 11) is 0. The molecule has 0 bridgehead atoms. The molecule has 0 fully saturated rings. The monoisotopic (exact) mass is 278 g/mol. The Labute approximate surface area is 122 Å².